The Morgan fingerprint density at radius 2 is 2.18 bits per heavy atom. The predicted octanol–water partition coefficient (Wildman–Crippen LogP) is 4.27. The van der Waals surface area contributed by atoms with Crippen LogP contribution in [0.4, 0.5) is 4.39 Å². The summed E-state index contributed by atoms with van der Waals surface area (Å²) in [4.78, 5) is 2.94. The van der Waals surface area contributed by atoms with Gasteiger partial charge in [0.25, 0.3) is 0 Å². The second-order valence-corrected chi connectivity index (χ2v) is 5.14. The summed E-state index contributed by atoms with van der Waals surface area (Å²) in [6, 6.07) is 5.07. The van der Waals surface area contributed by atoms with E-state index in [9.17, 15) is 4.39 Å². The summed E-state index contributed by atoms with van der Waals surface area (Å²) < 4.78 is 16.1. The SMILES string of the molecule is CC(C)CCCn1c(=S)[nH]c2c(F)cccc21. The molecule has 2 aromatic rings. The van der Waals surface area contributed by atoms with Crippen molar-refractivity contribution in [2.24, 2.45) is 5.92 Å². The lowest BCUT2D eigenvalue weighted by molar-refractivity contribution is 0.515. The minimum absolute atomic E-state index is 0.240. The van der Waals surface area contributed by atoms with E-state index in [4.69, 9.17) is 12.2 Å². The van der Waals surface area contributed by atoms with Crippen LogP contribution in [0.15, 0.2) is 18.2 Å². The van der Waals surface area contributed by atoms with Gasteiger partial charge in [-0.2, -0.15) is 0 Å². The van der Waals surface area contributed by atoms with Crippen molar-refractivity contribution < 1.29 is 4.39 Å². The van der Waals surface area contributed by atoms with Gasteiger partial charge >= 0.3 is 0 Å². The molecular formula is C13H17FN2S. The molecule has 0 aliphatic carbocycles. The molecule has 1 aromatic heterocycles. The third-order valence-electron chi connectivity index (χ3n) is 2.92. The van der Waals surface area contributed by atoms with Crippen molar-refractivity contribution in [2.45, 2.75) is 33.2 Å². The normalized spacial score (nSPS) is 11.5. The molecule has 0 amide bonds. The zero-order chi connectivity index (χ0) is 12.4. The molecule has 2 nitrogen and oxygen atoms in total. The highest BCUT2D eigenvalue weighted by atomic mass is 32.1. The van der Waals surface area contributed by atoms with E-state index in [1.807, 2.05) is 10.6 Å². The molecule has 4 heteroatoms. The van der Waals surface area contributed by atoms with Gasteiger partial charge in [-0.05, 0) is 43.1 Å². The maximum absolute atomic E-state index is 13.5. The third-order valence-corrected chi connectivity index (χ3v) is 3.25. The zero-order valence-corrected chi connectivity index (χ0v) is 11.0. The number of aryl methyl sites for hydroxylation is 1. The maximum atomic E-state index is 13.5. The van der Waals surface area contributed by atoms with Crippen LogP contribution in [0.3, 0.4) is 0 Å². The van der Waals surface area contributed by atoms with E-state index < -0.39 is 0 Å². The van der Waals surface area contributed by atoms with E-state index in [1.165, 1.54) is 6.07 Å². The summed E-state index contributed by atoms with van der Waals surface area (Å²) in [5.41, 5.74) is 1.38. The van der Waals surface area contributed by atoms with Crippen molar-refractivity contribution in [1.29, 1.82) is 0 Å². The lowest BCUT2D eigenvalue weighted by Gasteiger charge is -2.06. The van der Waals surface area contributed by atoms with Crippen molar-refractivity contribution in [3.63, 3.8) is 0 Å². The minimum atomic E-state index is -0.240. The monoisotopic (exact) mass is 252 g/mol. The first-order chi connectivity index (χ1) is 8.09. The zero-order valence-electron chi connectivity index (χ0n) is 10.2. The average Bonchev–Trinajstić information content (AvgIpc) is 2.57. The number of aromatic nitrogens is 2. The number of hydrogen-bond acceptors (Lipinski definition) is 1. The fourth-order valence-corrected chi connectivity index (χ4v) is 2.32. The summed E-state index contributed by atoms with van der Waals surface area (Å²) >= 11 is 5.23. The molecule has 0 unspecified atom stereocenters. The van der Waals surface area contributed by atoms with E-state index in [-0.39, 0.29) is 5.82 Å². The standard InChI is InChI=1S/C13H17FN2S/c1-9(2)5-4-8-16-11-7-3-6-10(14)12(11)15-13(16)17/h3,6-7,9H,4-5,8H2,1-2H3,(H,15,17). The van der Waals surface area contributed by atoms with E-state index in [0.29, 0.717) is 16.2 Å². The van der Waals surface area contributed by atoms with Crippen LogP contribution in [0.25, 0.3) is 11.0 Å². The molecule has 0 saturated carbocycles. The molecule has 0 aliphatic rings. The highest BCUT2D eigenvalue weighted by Gasteiger charge is 2.07. The second-order valence-electron chi connectivity index (χ2n) is 4.75. The Labute approximate surface area is 105 Å². The van der Waals surface area contributed by atoms with Gasteiger partial charge in [0, 0.05) is 6.54 Å². The Morgan fingerprint density at radius 3 is 2.88 bits per heavy atom. The van der Waals surface area contributed by atoms with Crippen LogP contribution in [0.1, 0.15) is 26.7 Å². The number of nitrogens with zero attached hydrogens (tertiary/aromatic N) is 1. The van der Waals surface area contributed by atoms with Crippen LogP contribution in [0.5, 0.6) is 0 Å². The average molecular weight is 252 g/mol. The first-order valence-electron chi connectivity index (χ1n) is 5.96. The van der Waals surface area contributed by atoms with Gasteiger partial charge in [0.1, 0.15) is 11.3 Å². The Kier molecular flexibility index (Phi) is 3.62. The second kappa shape index (κ2) is 5.00. The molecule has 2 rings (SSSR count). The van der Waals surface area contributed by atoms with Gasteiger partial charge in [-0.25, -0.2) is 4.39 Å². The molecule has 1 heterocycles. The van der Waals surface area contributed by atoms with E-state index in [0.717, 1.165) is 24.9 Å². The molecule has 17 heavy (non-hydrogen) atoms. The molecule has 0 fully saturated rings. The molecule has 0 aliphatic heterocycles. The van der Waals surface area contributed by atoms with Crippen LogP contribution in [0, 0.1) is 16.5 Å². The van der Waals surface area contributed by atoms with Crippen LogP contribution in [-0.4, -0.2) is 9.55 Å². The van der Waals surface area contributed by atoms with E-state index >= 15 is 0 Å². The third kappa shape index (κ3) is 2.57. The van der Waals surface area contributed by atoms with Crippen molar-refractivity contribution >= 4 is 23.3 Å². The number of imidazole rings is 1. The number of benzene rings is 1. The molecule has 0 atom stereocenters. The number of H-pyrrole nitrogens is 1. The molecule has 0 bridgehead atoms. The van der Waals surface area contributed by atoms with Crippen molar-refractivity contribution in [2.75, 3.05) is 0 Å². The van der Waals surface area contributed by atoms with E-state index in [1.54, 1.807) is 6.07 Å². The van der Waals surface area contributed by atoms with Gasteiger partial charge in [-0.15, -0.1) is 0 Å². The lowest BCUT2D eigenvalue weighted by Crippen LogP contribution is -1.99. The minimum Gasteiger partial charge on any atom is -0.328 e. The molecule has 0 spiro atoms. The van der Waals surface area contributed by atoms with Crippen LogP contribution in [-0.2, 0) is 6.54 Å². The highest BCUT2D eigenvalue weighted by molar-refractivity contribution is 7.71. The summed E-state index contributed by atoms with van der Waals surface area (Å²) in [5.74, 6) is 0.447. The topological polar surface area (TPSA) is 20.7 Å². The van der Waals surface area contributed by atoms with Gasteiger partial charge in [-0.3, -0.25) is 0 Å². The smallest absolute Gasteiger partial charge is 0.178 e. The van der Waals surface area contributed by atoms with Gasteiger partial charge in [0.15, 0.2) is 4.77 Å². The lowest BCUT2D eigenvalue weighted by atomic mass is 10.1. The summed E-state index contributed by atoms with van der Waals surface area (Å²) in [6.07, 6.45) is 2.22. The van der Waals surface area contributed by atoms with Crippen LogP contribution >= 0.6 is 12.2 Å². The largest absolute Gasteiger partial charge is 0.328 e. The maximum Gasteiger partial charge on any atom is 0.178 e. The Bertz CT molecular complexity index is 568. The summed E-state index contributed by atoms with van der Waals surface area (Å²) in [7, 11) is 0. The Hall–Kier alpha value is -1.16. The van der Waals surface area contributed by atoms with Crippen LogP contribution in [0.2, 0.25) is 0 Å². The number of para-hydroxylation sites is 1. The summed E-state index contributed by atoms with van der Waals surface area (Å²) in [6.45, 7) is 5.25. The number of aromatic amines is 1. The Morgan fingerprint density at radius 1 is 1.41 bits per heavy atom. The molecule has 0 radical (unpaired) electrons. The Balaban J connectivity index is 2.31. The first-order valence-corrected chi connectivity index (χ1v) is 6.37. The number of rotatable bonds is 4. The summed E-state index contributed by atoms with van der Waals surface area (Å²) in [5, 5.41) is 0. The molecule has 1 aromatic carbocycles. The van der Waals surface area contributed by atoms with Gasteiger partial charge in [0.05, 0.1) is 5.52 Å². The van der Waals surface area contributed by atoms with Gasteiger partial charge in [0.2, 0.25) is 0 Å². The molecule has 92 valence electrons. The van der Waals surface area contributed by atoms with E-state index in [2.05, 4.69) is 18.8 Å². The van der Waals surface area contributed by atoms with Gasteiger partial charge < -0.3 is 9.55 Å². The fourth-order valence-electron chi connectivity index (χ4n) is 2.02. The quantitative estimate of drug-likeness (QED) is 0.806. The first kappa shape index (κ1) is 12.3. The number of halogens is 1. The van der Waals surface area contributed by atoms with Crippen molar-refractivity contribution in [1.82, 2.24) is 9.55 Å². The van der Waals surface area contributed by atoms with Crippen molar-refractivity contribution in [3.05, 3.63) is 28.8 Å². The molecule has 1 N–H and O–H groups in total. The number of fused-ring (bicyclic) bond motifs is 1. The number of nitrogens with one attached hydrogen (secondary N) is 1. The molecular weight excluding hydrogens is 235 g/mol. The highest BCUT2D eigenvalue weighted by Crippen LogP contribution is 2.18. The van der Waals surface area contributed by atoms with Gasteiger partial charge in [-0.1, -0.05) is 19.9 Å². The molecule has 0 saturated heterocycles. The van der Waals surface area contributed by atoms with Crippen molar-refractivity contribution in [3.8, 4) is 0 Å². The fraction of sp³-hybridized carbons (Fsp3) is 0.462. The number of hydrogen-bond donors (Lipinski definition) is 1. The predicted molar refractivity (Wildman–Crippen MR) is 71.2 cm³/mol. The van der Waals surface area contributed by atoms with Crippen LogP contribution < -0.4 is 0 Å².